The zero-order valence-corrected chi connectivity index (χ0v) is 16.1. The van der Waals surface area contributed by atoms with Crippen LogP contribution in [0.3, 0.4) is 0 Å². The van der Waals surface area contributed by atoms with E-state index in [0.717, 1.165) is 21.3 Å². The molecule has 2 aromatic carbocycles. The molecule has 1 unspecified atom stereocenters. The first-order chi connectivity index (χ1) is 11.9. The quantitative estimate of drug-likeness (QED) is 0.730. The molecule has 4 nitrogen and oxygen atoms in total. The van der Waals surface area contributed by atoms with Gasteiger partial charge in [-0.05, 0) is 64.7 Å². The first-order valence-corrected chi connectivity index (χ1v) is 8.78. The molecule has 0 saturated heterocycles. The topological polar surface area (TPSA) is 50.4 Å². The van der Waals surface area contributed by atoms with Crippen LogP contribution in [-0.2, 0) is 11.3 Å². The minimum Gasteiger partial charge on any atom is -0.496 e. The molecule has 134 valence electrons. The molecule has 0 aromatic heterocycles. The second-order valence-corrected chi connectivity index (χ2v) is 6.71. The number of methoxy groups -OCH3 is 1. The van der Waals surface area contributed by atoms with Crippen LogP contribution in [0.15, 0.2) is 40.9 Å². The summed E-state index contributed by atoms with van der Waals surface area (Å²) >= 11 is 3.45. The van der Waals surface area contributed by atoms with Crippen molar-refractivity contribution in [2.75, 3.05) is 13.7 Å². The highest BCUT2D eigenvalue weighted by Gasteiger charge is 2.10. The Morgan fingerprint density at radius 1 is 1.28 bits per heavy atom. The van der Waals surface area contributed by atoms with E-state index in [1.54, 1.807) is 20.1 Å². The number of carbonyl (C=O) groups is 1. The first kappa shape index (κ1) is 19.4. The maximum absolute atomic E-state index is 13.5. The average molecular weight is 409 g/mol. The minimum atomic E-state index is -0.261. The summed E-state index contributed by atoms with van der Waals surface area (Å²) in [6.07, 6.45) is 0. The Morgan fingerprint density at radius 3 is 2.68 bits per heavy atom. The van der Waals surface area contributed by atoms with Crippen molar-refractivity contribution in [1.29, 1.82) is 0 Å². The summed E-state index contributed by atoms with van der Waals surface area (Å²) in [7, 11) is 1.62. The van der Waals surface area contributed by atoms with Gasteiger partial charge < -0.3 is 15.4 Å². The number of ether oxygens (including phenoxy) is 1. The molecule has 0 fully saturated rings. The van der Waals surface area contributed by atoms with Gasteiger partial charge >= 0.3 is 0 Å². The predicted octanol–water partition coefficient (Wildman–Crippen LogP) is 3.87. The van der Waals surface area contributed by atoms with Gasteiger partial charge in [0.15, 0.2) is 0 Å². The standard InChI is InChI=1S/C19H22BrFN2O2/c1-12-4-5-14(8-17(12)21)10-23-19(24)11-22-13(2)15-6-7-18(25-3)16(20)9-15/h4-9,13,22H,10-11H2,1-3H3,(H,23,24). The molecule has 0 bridgehead atoms. The summed E-state index contributed by atoms with van der Waals surface area (Å²) < 4.78 is 19.6. The van der Waals surface area contributed by atoms with Gasteiger partial charge in [-0.1, -0.05) is 18.2 Å². The zero-order chi connectivity index (χ0) is 18.4. The lowest BCUT2D eigenvalue weighted by atomic mass is 10.1. The molecule has 0 saturated carbocycles. The maximum Gasteiger partial charge on any atom is 0.234 e. The Labute approximate surface area is 155 Å². The van der Waals surface area contributed by atoms with Crippen LogP contribution < -0.4 is 15.4 Å². The minimum absolute atomic E-state index is 0.00442. The number of aryl methyl sites for hydroxylation is 1. The molecule has 1 atom stereocenters. The molecule has 1 amide bonds. The van der Waals surface area contributed by atoms with Crippen LogP contribution in [0.25, 0.3) is 0 Å². The number of carbonyl (C=O) groups excluding carboxylic acids is 1. The van der Waals surface area contributed by atoms with Crippen molar-refractivity contribution in [2.45, 2.75) is 26.4 Å². The molecule has 0 aliphatic heterocycles. The molecule has 0 radical (unpaired) electrons. The summed E-state index contributed by atoms with van der Waals surface area (Å²) in [5.74, 6) is 0.364. The maximum atomic E-state index is 13.5. The van der Waals surface area contributed by atoms with E-state index < -0.39 is 0 Å². The Hall–Kier alpha value is -1.92. The predicted molar refractivity (Wildman–Crippen MR) is 100 cm³/mol. The molecule has 0 aliphatic carbocycles. The molecule has 2 aromatic rings. The summed E-state index contributed by atoms with van der Waals surface area (Å²) in [4.78, 5) is 12.0. The van der Waals surface area contributed by atoms with E-state index in [2.05, 4.69) is 26.6 Å². The summed E-state index contributed by atoms with van der Waals surface area (Å²) in [5.41, 5.74) is 2.38. The first-order valence-electron chi connectivity index (χ1n) is 7.99. The van der Waals surface area contributed by atoms with Gasteiger partial charge in [0.2, 0.25) is 5.91 Å². The van der Waals surface area contributed by atoms with Crippen molar-refractivity contribution in [2.24, 2.45) is 0 Å². The van der Waals surface area contributed by atoms with Crippen LogP contribution in [0.1, 0.15) is 29.7 Å². The van der Waals surface area contributed by atoms with Gasteiger partial charge in [0.1, 0.15) is 11.6 Å². The number of halogens is 2. The molecule has 0 heterocycles. The van der Waals surface area contributed by atoms with Crippen LogP contribution in [0.2, 0.25) is 0 Å². The second-order valence-electron chi connectivity index (χ2n) is 5.86. The Kier molecular flexibility index (Phi) is 6.96. The van der Waals surface area contributed by atoms with Crippen molar-refractivity contribution in [3.63, 3.8) is 0 Å². The fraction of sp³-hybridized carbons (Fsp3) is 0.316. The fourth-order valence-electron chi connectivity index (χ4n) is 2.33. The SMILES string of the molecule is COc1ccc(C(C)NCC(=O)NCc2ccc(C)c(F)c2)cc1Br. The normalized spacial score (nSPS) is 11.9. The van der Waals surface area contributed by atoms with E-state index in [-0.39, 0.29) is 24.3 Å². The van der Waals surface area contributed by atoms with Gasteiger partial charge in [-0.2, -0.15) is 0 Å². The van der Waals surface area contributed by atoms with Crippen molar-refractivity contribution < 1.29 is 13.9 Å². The number of nitrogens with one attached hydrogen (secondary N) is 2. The smallest absolute Gasteiger partial charge is 0.234 e. The van der Waals surface area contributed by atoms with Crippen molar-refractivity contribution in [3.05, 3.63) is 63.4 Å². The third-order valence-corrected chi connectivity index (χ3v) is 4.59. The average Bonchev–Trinajstić information content (AvgIpc) is 2.60. The monoisotopic (exact) mass is 408 g/mol. The van der Waals surface area contributed by atoms with Gasteiger partial charge in [0, 0.05) is 12.6 Å². The molecule has 6 heteroatoms. The van der Waals surface area contributed by atoms with E-state index in [1.165, 1.54) is 6.07 Å². The third kappa shape index (κ3) is 5.54. The molecule has 0 spiro atoms. The van der Waals surface area contributed by atoms with Crippen LogP contribution in [-0.4, -0.2) is 19.6 Å². The summed E-state index contributed by atoms with van der Waals surface area (Å²) in [6, 6.07) is 10.8. The van der Waals surface area contributed by atoms with E-state index in [0.29, 0.717) is 12.1 Å². The van der Waals surface area contributed by atoms with E-state index >= 15 is 0 Å². The van der Waals surface area contributed by atoms with Gasteiger partial charge in [0.25, 0.3) is 0 Å². The highest BCUT2D eigenvalue weighted by Crippen LogP contribution is 2.27. The Balaban J connectivity index is 1.82. The number of hydrogen-bond donors (Lipinski definition) is 2. The van der Waals surface area contributed by atoms with Crippen molar-refractivity contribution >= 4 is 21.8 Å². The Bertz CT molecular complexity index is 752. The van der Waals surface area contributed by atoms with E-state index in [9.17, 15) is 9.18 Å². The lowest BCUT2D eigenvalue weighted by Crippen LogP contribution is -2.34. The van der Waals surface area contributed by atoms with Gasteiger partial charge in [0.05, 0.1) is 18.1 Å². The molecule has 0 aliphatic rings. The van der Waals surface area contributed by atoms with Crippen LogP contribution >= 0.6 is 15.9 Å². The zero-order valence-electron chi connectivity index (χ0n) is 14.5. The Morgan fingerprint density at radius 2 is 2.04 bits per heavy atom. The largest absolute Gasteiger partial charge is 0.496 e. The van der Waals surface area contributed by atoms with Crippen LogP contribution in [0.4, 0.5) is 4.39 Å². The number of rotatable bonds is 7. The molecular weight excluding hydrogens is 387 g/mol. The van der Waals surface area contributed by atoms with Crippen molar-refractivity contribution in [3.8, 4) is 5.75 Å². The number of hydrogen-bond acceptors (Lipinski definition) is 3. The number of amides is 1. The second kappa shape index (κ2) is 8.97. The highest BCUT2D eigenvalue weighted by atomic mass is 79.9. The highest BCUT2D eigenvalue weighted by molar-refractivity contribution is 9.10. The summed E-state index contributed by atoms with van der Waals surface area (Å²) in [6.45, 7) is 4.18. The molecule has 2 rings (SSSR count). The van der Waals surface area contributed by atoms with Crippen molar-refractivity contribution in [1.82, 2.24) is 10.6 Å². The van der Waals surface area contributed by atoms with Gasteiger partial charge in [-0.3, -0.25) is 4.79 Å². The fourth-order valence-corrected chi connectivity index (χ4v) is 2.88. The summed E-state index contributed by atoms with van der Waals surface area (Å²) in [5, 5.41) is 5.96. The lowest BCUT2D eigenvalue weighted by Gasteiger charge is -2.15. The third-order valence-electron chi connectivity index (χ3n) is 3.97. The van der Waals surface area contributed by atoms with Gasteiger partial charge in [-0.25, -0.2) is 4.39 Å². The van der Waals surface area contributed by atoms with Crippen LogP contribution in [0, 0.1) is 12.7 Å². The lowest BCUT2D eigenvalue weighted by molar-refractivity contribution is -0.120. The van der Waals surface area contributed by atoms with Crippen LogP contribution in [0.5, 0.6) is 5.75 Å². The molecule has 25 heavy (non-hydrogen) atoms. The number of benzene rings is 2. The van der Waals surface area contributed by atoms with Gasteiger partial charge in [-0.15, -0.1) is 0 Å². The van der Waals surface area contributed by atoms with E-state index in [1.807, 2.05) is 31.2 Å². The molecule has 2 N–H and O–H groups in total. The van der Waals surface area contributed by atoms with E-state index in [4.69, 9.17) is 4.74 Å². The molecular formula is C19H22BrFN2O2.